The topological polar surface area (TPSA) is 48.8 Å². The van der Waals surface area contributed by atoms with Gasteiger partial charge in [0, 0.05) is 14.1 Å². The van der Waals surface area contributed by atoms with Gasteiger partial charge in [-0.05, 0) is 26.0 Å². The zero-order valence-electron chi connectivity index (χ0n) is 13.0. The normalized spacial score (nSPS) is 12.3. The molecule has 0 unspecified atom stereocenters. The van der Waals surface area contributed by atoms with Crippen molar-refractivity contribution in [1.82, 2.24) is 10.9 Å². The lowest BCUT2D eigenvalue weighted by Crippen LogP contribution is -2.29. The van der Waals surface area contributed by atoms with E-state index in [4.69, 9.17) is 24.4 Å². The Morgan fingerprint density at radius 1 is 1.00 bits per heavy atom. The van der Waals surface area contributed by atoms with E-state index in [0.717, 1.165) is 5.70 Å². The Labute approximate surface area is 133 Å². The fourth-order valence-corrected chi connectivity index (χ4v) is 1.56. The van der Waals surface area contributed by atoms with Crippen LogP contribution < -0.4 is 10.9 Å². The van der Waals surface area contributed by atoms with Gasteiger partial charge in [-0.2, -0.15) is 10.2 Å². The molecule has 0 rings (SSSR count). The monoisotopic (exact) mass is 312 g/mol. The Hall–Kier alpha value is -1.24. The first-order valence-electron chi connectivity index (χ1n) is 6.42. The van der Waals surface area contributed by atoms with Crippen LogP contribution in [0.2, 0.25) is 0 Å². The van der Waals surface area contributed by atoms with Gasteiger partial charge < -0.3 is 5.43 Å². The second-order valence-electron chi connectivity index (χ2n) is 3.11. The molecule has 2 N–H and O–H groups in total. The summed E-state index contributed by atoms with van der Waals surface area (Å²) >= 11 is 10.5. The van der Waals surface area contributed by atoms with Crippen LogP contribution in [0.15, 0.2) is 45.9 Å². The predicted molar refractivity (Wildman–Crippen MR) is 96.2 cm³/mol. The summed E-state index contributed by atoms with van der Waals surface area (Å²) in [4.78, 5) is 1.27. The molecule has 0 heterocycles. The van der Waals surface area contributed by atoms with Crippen LogP contribution in [0.3, 0.4) is 0 Å². The van der Waals surface area contributed by atoms with Crippen LogP contribution in [-0.2, 0) is 0 Å². The molecule has 0 spiro atoms. The first kappa shape index (κ1) is 21.1. The fraction of sp³-hybridized carbons (Fsp3) is 0.429. The lowest BCUT2D eigenvalue weighted by Gasteiger charge is -2.07. The summed E-state index contributed by atoms with van der Waals surface area (Å²) in [7, 11) is 3.38. The molecule has 4 nitrogen and oxygen atoms in total. The van der Waals surface area contributed by atoms with E-state index in [-0.39, 0.29) is 0 Å². The number of nitrogens with one attached hydrogen (secondary N) is 2. The van der Waals surface area contributed by atoms with Crippen molar-refractivity contribution in [1.29, 1.82) is 0 Å². The van der Waals surface area contributed by atoms with Crippen molar-refractivity contribution in [3.8, 4) is 0 Å². The van der Waals surface area contributed by atoms with Gasteiger partial charge in [-0.25, -0.2) is 5.43 Å². The molecule has 0 bridgehead atoms. The van der Waals surface area contributed by atoms with Crippen molar-refractivity contribution < 1.29 is 0 Å². The maximum Gasteiger partial charge on any atom is 0.0990 e. The number of nitrogens with zero attached hydrogens (tertiary/aromatic N) is 2. The Morgan fingerprint density at radius 3 is 1.95 bits per heavy atom. The van der Waals surface area contributed by atoms with E-state index in [0.29, 0.717) is 15.4 Å². The third-order valence-corrected chi connectivity index (χ3v) is 2.63. The summed E-state index contributed by atoms with van der Waals surface area (Å²) < 4.78 is 0. The van der Waals surface area contributed by atoms with E-state index in [2.05, 4.69) is 21.1 Å². The zero-order valence-corrected chi connectivity index (χ0v) is 14.7. The Balaban J connectivity index is 0. The first-order valence-corrected chi connectivity index (χ1v) is 7.24. The molecule has 0 atom stereocenters. The smallest absolute Gasteiger partial charge is 0.0990 e. The lowest BCUT2D eigenvalue weighted by atomic mass is 10.2. The van der Waals surface area contributed by atoms with Gasteiger partial charge in [-0.3, -0.25) is 0 Å². The summed E-state index contributed by atoms with van der Waals surface area (Å²) in [6.45, 7) is 7.77. The van der Waals surface area contributed by atoms with E-state index in [1.165, 1.54) is 0 Å². The highest BCUT2D eigenvalue weighted by Gasteiger charge is 2.01. The first-order chi connectivity index (χ1) is 9.60. The van der Waals surface area contributed by atoms with Crippen molar-refractivity contribution in [2.75, 3.05) is 14.1 Å². The molecule has 0 saturated heterocycles. The average molecular weight is 313 g/mol. The van der Waals surface area contributed by atoms with E-state index < -0.39 is 0 Å². The minimum Gasteiger partial charge on any atom is -0.321 e. The minimum atomic E-state index is 0.602. The average Bonchev–Trinajstić information content (AvgIpc) is 2.49. The highest BCUT2D eigenvalue weighted by atomic mass is 32.1. The number of thiocarbonyl (C=S) groups is 2. The molecule has 0 aliphatic rings. The summed E-state index contributed by atoms with van der Waals surface area (Å²) in [6.07, 6.45) is 7.22. The highest BCUT2D eigenvalue weighted by Crippen LogP contribution is 2.04. The molecule has 0 aromatic rings. The number of hydrogen-bond acceptors (Lipinski definition) is 6. The number of hydrazine groups is 1. The van der Waals surface area contributed by atoms with Crippen LogP contribution in [0.4, 0.5) is 0 Å². The molecule has 112 valence electrons. The molecular formula is C14H24N4S2. The lowest BCUT2D eigenvalue weighted by molar-refractivity contribution is 0.713. The standard InChI is InChI=1S/C12H18N4S2.C2H6/c1-5-9(15-13-3)11(17)7-8-12(18)10(6-2)16-14-4;1-2/h5-8,13,15H,1-4H3;1-2H3/b8-7?,9-5+,10-6+,16-14?;. The number of allylic oxidation sites excluding steroid dienone is 4. The van der Waals surface area contributed by atoms with Gasteiger partial charge >= 0.3 is 0 Å². The van der Waals surface area contributed by atoms with Crippen LogP contribution in [0.1, 0.15) is 27.7 Å². The molecule has 0 aliphatic heterocycles. The summed E-state index contributed by atoms with van der Waals surface area (Å²) in [5.74, 6) is 0. The fourth-order valence-electron chi connectivity index (χ4n) is 1.09. The van der Waals surface area contributed by atoms with Gasteiger partial charge in [0.25, 0.3) is 0 Å². The van der Waals surface area contributed by atoms with Crippen LogP contribution in [0, 0.1) is 0 Å². The van der Waals surface area contributed by atoms with Crippen LogP contribution in [0.25, 0.3) is 0 Å². The van der Waals surface area contributed by atoms with E-state index >= 15 is 0 Å². The van der Waals surface area contributed by atoms with Crippen molar-refractivity contribution in [2.45, 2.75) is 27.7 Å². The summed E-state index contributed by atoms with van der Waals surface area (Å²) in [5.41, 5.74) is 7.25. The van der Waals surface area contributed by atoms with Gasteiger partial charge in [-0.15, -0.1) is 0 Å². The third-order valence-electron chi connectivity index (χ3n) is 1.93. The SMILES string of the molecule is C/C=C(/N=NC)C(=S)C=CC(=S)/C(=C\C)NNC.CC. The van der Waals surface area contributed by atoms with Crippen LogP contribution >= 0.6 is 24.4 Å². The molecule has 0 aromatic carbocycles. The zero-order chi connectivity index (χ0) is 16.0. The molecule has 0 amide bonds. The van der Waals surface area contributed by atoms with Gasteiger partial charge in [0.2, 0.25) is 0 Å². The molecule has 0 aliphatic carbocycles. The predicted octanol–water partition coefficient (Wildman–Crippen LogP) is 3.92. The number of azo groups is 1. The highest BCUT2D eigenvalue weighted by molar-refractivity contribution is 7.81. The van der Waals surface area contributed by atoms with Crippen molar-refractivity contribution >= 4 is 34.2 Å². The molecule has 0 radical (unpaired) electrons. The minimum absolute atomic E-state index is 0.602. The molecule has 6 heteroatoms. The molecule has 0 saturated carbocycles. The Kier molecular flexibility index (Phi) is 14.9. The summed E-state index contributed by atoms with van der Waals surface area (Å²) in [6, 6.07) is 0. The third kappa shape index (κ3) is 8.79. The van der Waals surface area contributed by atoms with E-state index in [1.54, 1.807) is 26.2 Å². The summed E-state index contributed by atoms with van der Waals surface area (Å²) in [5, 5.41) is 7.63. The van der Waals surface area contributed by atoms with E-state index in [9.17, 15) is 0 Å². The van der Waals surface area contributed by atoms with Gasteiger partial charge in [-0.1, -0.05) is 50.4 Å². The molecule has 0 aromatic heterocycles. The van der Waals surface area contributed by atoms with Crippen molar-refractivity contribution in [3.05, 3.63) is 35.7 Å². The Morgan fingerprint density at radius 2 is 1.55 bits per heavy atom. The molecular weight excluding hydrogens is 288 g/mol. The maximum atomic E-state index is 5.26. The Bertz CT molecular complexity index is 421. The van der Waals surface area contributed by atoms with Crippen molar-refractivity contribution in [2.24, 2.45) is 10.2 Å². The quantitative estimate of drug-likeness (QED) is 0.324. The van der Waals surface area contributed by atoms with Gasteiger partial charge in [0.1, 0.15) is 0 Å². The largest absolute Gasteiger partial charge is 0.321 e. The maximum absolute atomic E-state index is 5.26. The van der Waals surface area contributed by atoms with Crippen LogP contribution in [-0.4, -0.2) is 23.8 Å². The molecule has 0 fully saturated rings. The van der Waals surface area contributed by atoms with Gasteiger partial charge in [0.15, 0.2) is 0 Å². The van der Waals surface area contributed by atoms with Gasteiger partial charge in [0.05, 0.1) is 21.1 Å². The van der Waals surface area contributed by atoms with E-state index in [1.807, 2.05) is 39.8 Å². The van der Waals surface area contributed by atoms with Crippen LogP contribution in [0.5, 0.6) is 0 Å². The number of hydrogen-bond donors (Lipinski definition) is 2. The van der Waals surface area contributed by atoms with Crippen molar-refractivity contribution in [3.63, 3.8) is 0 Å². The number of rotatable bonds is 7. The second-order valence-corrected chi connectivity index (χ2v) is 3.99. The second kappa shape index (κ2) is 14.2. The molecule has 20 heavy (non-hydrogen) atoms.